The Bertz CT molecular complexity index is 1010. The van der Waals surface area contributed by atoms with Crippen LogP contribution in [0.15, 0.2) is 60.9 Å². The minimum atomic E-state index is 0.649. The van der Waals surface area contributed by atoms with Gasteiger partial charge in [-0.3, -0.25) is 9.78 Å². The topological polar surface area (TPSA) is 85.1 Å². The zero-order valence-corrected chi connectivity index (χ0v) is 12.5. The highest BCUT2D eigenvalue weighted by Crippen LogP contribution is 2.23. The van der Waals surface area contributed by atoms with Crippen LogP contribution in [0.4, 0.5) is 5.69 Å². The lowest BCUT2D eigenvalue weighted by molar-refractivity contribution is -0.105. The molecule has 0 aliphatic carbocycles. The fourth-order valence-electron chi connectivity index (χ4n) is 2.46. The largest absolute Gasteiger partial charge is 0.329 e. The van der Waals surface area contributed by atoms with E-state index in [1.54, 1.807) is 16.9 Å². The summed E-state index contributed by atoms with van der Waals surface area (Å²) in [6, 6.07) is 14.9. The number of fused-ring (bicyclic) bond motifs is 1. The van der Waals surface area contributed by atoms with Crippen LogP contribution in [0.3, 0.4) is 0 Å². The van der Waals surface area contributed by atoms with Crippen molar-refractivity contribution in [3.8, 4) is 22.6 Å². The van der Waals surface area contributed by atoms with Gasteiger partial charge in [-0.25, -0.2) is 0 Å². The first-order chi connectivity index (χ1) is 11.8. The van der Waals surface area contributed by atoms with Gasteiger partial charge < -0.3 is 5.32 Å². The number of hydrogen-bond acceptors (Lipinski definition) is 5. The van der Waals surface area contributed by atoms with E-state index in [1.165, 1.54) is 0 Å². The van der Waals surface area contributed by atoms with Crippen LogP contribution in [0.2, 0.25) is 0 Å². The quantitative estimate of drug-likeness (QED) is 0.584. The second-order valence-electron chi connectivity index (χ2n) is 5.09. The SMILES string of the molecule is O=CNc1cccc(-c2ccc3nnc(-c4ccncc4)n3n2)c1. The minimum absolute atomic E-state index is 0.649. The van der Waals surface area contributed by atoms with Crippen molar-refractivity contribution in [1.29, 1.82) is 0 Å². The van der Waals surface area contributed by atoms with E-state index in [0.717, 1.165) is 16.8 Å². The molecule has 7 heteroatoms. The smallest absolute Gasteiger partial charge is 0.211 e. The molecular weight excluding hydrogens is 304 g/mol. The molecule has 0 radical (unpaired) electrons. The maximum absolute atomic E-state index is 10.6. The van der Waals surface area contributed by atoms with E-state index in [4.69, 9.17) is 0 Å². The fraction of sp³-hybridized carbons (Fsp3) is 0. The highest BCUT2D eigenvalue weighted by molar-refractivity contribution is 5.75. The van der Waals surface area contributed by atoms with Gasteiger partial charge in [-0.1, -0.05) is 12.1 Å². The molecular formula is C17H12N6O. The number of nitrogens with zero attached hydrogens (tertiary/aromatic N) is 5. The molecule has 1 N–H and O–H groups in total. The number of nitrogens with one attached hydrogen (secondary N) is 1. The van der Waals surface area contributed by atoms with Crippen molar-refractivity contribution in [2.24, 2.45) is 0 Å². The van der Waals surface area contributed by atoms with Crippen molar-refractivity contribution in [2.45, 2.75) is 0 Å². The summed E-state index contributed by atoms with van der Waals surface area (Å²) in [5.41, 5.74) is 3.90. The summed E-state index contributed by atoms with van der Waals surface area (Å²) in [4.78, 5) is 14.6. The van der Waals surface area contributed by atoms with Gasteiger partial charge in [-0.05, 0) is 36.4 Å². The Morgan fingerprint density at radius 1 is 0.958 bits per heavy atom. The Hall–Kier alpha value is -3.61. The van der Waals surface area contributed by atoms with Crippen molar-refractivity contribution >= 4 is 17.7 Å². The molecule has 0 atom stereocenters. The Morgan fingerprint density at radius 3 is 2.67 bits per heavy atom. The molecule has 3 aromatic heterocycles. The number of anilines is 1. The van der Waals surface area contributed by atoms with Gasteiger partial charge in [0.15, 0.2) is 11.5 Å². The molecule has 0 bridgehead atoms. The first-order valence-electron chi connectivity index (χ1n) is 7.28. The van der Waals surface area contributed by atoms with E-state index in [1.807, 2.05) is 48.5 Å². The monoisotopic (exact) mass is 316 g/mol. The van der Waals surface area contributed by atoms with Crippen LogP contribution in [-0.4, -0.2) is 31.2 Å². The van der Waals surface area contributed by atoms with Gasteiger partial charge in [0.05, 0.1) is 5.69 Å². The second-order valence-corrected chi connectivity index (χ2v) is 5.09. The Morgan fingerprint density at radius 2 is 1.83 bits per heavy atom. The van der Waals surface area contributed by atoms with Gasteiger partial charge in [-0.15, -0.1) is 10.2 Å². The summed E-state index contributed by atoms with van der Waals surface area (Å²) >= 11 is 0. The minimum Gasteiger partial charge on any atom is -0.329 e. The van der Waals surface area contributed by atoms with Crippen LogP contribution < -0.4 is 5.32 Å². The predicted octanol–water partition coefficient (Wildman–Crippen LogP) is 2.42. The van der Waals surface area contributed by atoms with Crippen LogP contribution in [0.5, 0.6) is 0 Å². The number of carbonyl (C=O) groups excluding carboxylic acids is 1. The van der Waals surface area contributed by atoms with Crippen molar-refractivity contribution in [3.63, 3.8) is 0 Å². The third kappa shape index (κ3) is 2.48. The van der Waals surface area contributed by atoms with Crippen LogP contribution >= 0.6 is 0 Å². The first-order valence-corrected chi connectivity index (χ1v) is 7.28. The van der Waals surface area contributed by atoms with Crippen molar-refractivity contribution in [3.05, 3.63) is 60.9 Å². The average Bonchev–Trinajstić information content (AvgIpc) is 3.06. The van der Waals surface area contributed by atoms with Crippen LogP contribution in [0.1, 0.15) is 0 Å². The predicted molar refractivity (Wildman–Crippen MR) is 89.1 cm³/mol. The van der Waals surface area contributed by atoms with Gasteiger partial charge in [-0.2, -0.15) is 9.61 Å². The highest BCUT2D eigenvalue weighted by atomic mass is 16.1. The molecule has 0 unspecified atom stereocenters. The molecule has 1 aromatic carbocycles. The van der Waals surface area contributed by atoms with Crippen LogP contribution in [0, 0.1) is 0 Å². The van der Waals surface area contributed by atoms with Gasteiger partial charge in [0.2, 0.25) is 6.41 Å². The van der Waals surface area contributed by atoms with Gasteiger partial charge in [0.25, 0.3) is 0 Å². The van der Waals surface area contributed by atoms with Crippen LogP contribution in [-0.2, 0) is 4.79 Å². The number of carbonyl (C=O) groups is 1. The molecule has 116 valence electrons. The van der Waals surface area contributed by atoms with E-state index in [9.17, 15) is 4.79 Å². The summed E-state index contributed by atoms with van der Waals surface area (Å²) in [5, 5.41) is 15.6. The summed E-state index contributed by atoms with van der Waals surface area (Å²) in [6.45, 7) is 0. The number of aromatic nitrogens is 5. The van der Waals surface area contributed by atoms with E-state index >= 15 is 0 Å². The third-order valence-corrected chi connectivity index (χ3v) is 3.59. The number of amides is 1. The molecule has 0 aliphatic heterocycles. The zero-order chi connectivity index (χ0) is 16.4. The summed E-state index contributed by atoms with van der Waals surface area (Å²) in [7, 11) is 0. The maximum atomic E-state index is 10.6. The molecule has 0 spiro atoms. The Kier molecular flexibility index (Phi) is 3.43. The lowest BCUT2D eigenvalue weighted by Gasteiger charge is -2.05. The lowest BCUT2D eigenvalue weighted by Crippen LogP contribution is -1.98. The zero-order valence-electron chi connectivity index (χ0n) is 12.5. The summed E-state index contributed by atoms with van der Waals surface area (Å²) in [5.74, 6) is 0.649. The first kappa shape index (κ1) is 14.0. The lowest BCUT2D eigenvalue weighted by atomic mass is 10.1. The van der Waals surface area contributed by atoms with Crippen molar-refractivity contribution < 1.29 is 4.79 Å². The maximum Gasteiger partial charge on any atom is 0.211 e. The third-order valence-electron chi connectivity index (χ3n) is 3.59. The average molecular weight is 316 g/mol. The van der Waals surface area contributed by atoms with Gasteiger partial charge >= 0.3 is 0 Å². The molecule has 3 heterocycles. The molecule has 4 aromatic rings. The highest BCUT2D eigenvalue weighted by Gasteiger charge is 2.10. The normalized spacial score (nSPS) is 10.7. The Labute approximate surface area is 137 Å². The summed E-state index contributed by atoms with van der Waals surface area (Å²) < 4.78 is 1.70. The van der Waals surface area contributed by atoms with E-state index in [2.05, 4.69) is 25.6 Å². The van der Waals surface area contributed by atoms with Gasteiger partial charge in [0, 0.05) is 29.2 Å². The van der Waals surface area contributed by atoms with Crippen LogP contribution in [0.25, 0.3) is 28.3 Å². The fourth-order valence-corrected chi connectivity index (χ4v) is 2.46. The number of pyridine rings is 1. The van der Waals surface area contributed by atoms with E-state index in [-0.39, 0.29) is 0 Å². The molecule has 1 amide bonds. The van der Waals surface area contributed by atoms with Crippen molar-refractivity contribution in [2.75, 3.05) is 5.32 Å². The standard InChI is InChI=1S/C17H12N6O/c24-11-19-14-3-1-2-13(10-14)15-4-5-16-20-21-17(23(16)22-15)12-6-8-18-9-7-12/h1-11H,(H,19,24). The molecule has 0 saturated heterocycles. The molecule has 0 fully saturated rings. The van der Waals surface area contributed by atoms with E-state index in [0.29, 0.717) is 23.6 Å². The van der Waals surface area contributed by atoms with E-state index < -0.39 is 0 Å². The number of benzene rings is 1. The Balaban J connectivity index is 1.83. The molecule has 7 nitrogen and oxygen atoms in total. The summed E-state index contributed by atoms with van der Waals surface area (Å²) in [6.07, 6.45) is 4.06. The van der Waals surface area contributed by atoms with Crippen molar-refractivity contribution in [1.82, 2.24) is 24.8 Å². The molecule has 4 rings (SSSR count). The molecule has 0 aliphatic rings. The number of rotatable bonds is 4. The molecule has 24 heavy (non-hydrogen) atoms. The second kappa shape index (κ2) is 5.88. The molecule has 0 saturated carbocycles. The van der Waals surface area contributed by atoms with Gasteiger partial charge in [0.1, 0.15) is 0 Å². The number of hydrogen-bond donors (Lipinski definition) is 1.